The summed E-state index contributed by atoms with van der Waals surface area (Å²) in [5.41, 5.74) is -0.252. The second kappa shape index (κ2) is 6.95. The maximum absolute atomic E-state index is 12.4. The van der Waals surface area contributed by atoms with E-state index in [1.165, 1.54) is 11.3 Å². The van der Waals surface area contributed by atoms with Gasteiger partial charge < -0.3 is 10.2 Å². The Labute approximate surface area is 141 Å². The average Bonchev–Trinajstić information content (AvgIpc) is 3.05. The topological polar surface area (TPSA) is 75.2 Å². The lowest BCUT2D eigenvalue weighted by Gasteiger charge is -2.31. The van der Waals surface area contributed by atoms with Crippen molar-refractivity contribution in [2.45, 2.75) is 65.3 Å². The molecule has 1 N–H and O–H groups in total. The first-order chi connectivity index (χ1) is 10.7. The van der Waals surface area contributed by atoms with E-state index in [1.807, 2.05) is 20.8 Å². The van der Waals surface area contributed by atoms with Gasteiger partial charge in [-0.1, -0.05) is 31.6 Å². The summed E-state index contributed by atoms with van der Waals surface area (Å²) >= 11 is 1.42. The van der Waals surface area contributed by atoms with E-state index in [0.717, 1.165) is 17.8 Å². The third-order valence-corrected chi connectivity index (χ3v) is 5.19. The number of amides is 2. The van der Waals surface area contributed by atoms with E-state index in [1.54, 1.807) is 4.90 Å². The number of nitrogens with zero attached hydrogens (tertiary/aromatic N) is 3. The zero-order valence-corrected chi connectivity index (χ0v) is 15.4. The fourth-order valence-electron chi connectivity index (χ4n) is 2.78. The maximum Gasteiger partial charge on any atom is 0.231 e. The monoisotopic (exact) mass is 338 g/mol. The summed E-state index contributed by atoms with van der Waals surface area (Å²) in [4.78, 5) is 26.2. The van der Waals surface area contributed by atoms with Gasteiger partial charge in [0.25, 0.3) is 0 Å². The SMILES string of the molecule is CCC[C@@H](C)c1nnc(NC(=O)[C@@H]2CC(=O)N(C(C)(C)C)C2)s1. The molecule has 2 heterocycles. The van der Waals surface area contributed by atoms with Crippen LogP contribution < -0.4 is 5.32 Å². The van der Waals surface area contributed by atoms with Crippen molar-refractivity contribution in [2.24, 2.45) is 5.92 Å². The Kier molecular flexibility index (Phi) is 5.39. The van der Waals surface area contributed by atoms with Crippen LogP contribution in [-0.2, 0) is 9.59 Å². The molecule has 0 saturated carbocycles. The van der Waals surface area contributed by atoms with Gasteiger partial charge in [0, 0.05) is 24.4 Å². The van der Waals surface area contributed by atoms with Crippen LogP contribution in [0.1, 0.15) is 64.8 Å². The average molecular weight is 338 g/mol. The van der Waals surface area contributed by atoms with Crippen molar-refractivity contribution in [3.63, 3.8) is 0 Å². The summed E-state index contributed by atoms with van der Waals surface area (Å²) in [6, 6.07) is 0. The van der Waals surface area contributed by atoms with Crippen LogP contribution in [0.5, 0.6) is 0 Å². The van der Waals surface area contributed by atoms with Gasteiger partial charge in [0.15, 0.2) is 0 Å². The second-order valence-electron chi connectivity index (χ2n) is 7.20. The number of aromatic nitrogens is 2. The summed E-state index contributed by atoms with van der Waals surface area (Å²) < 4.78 is 0. The Balaban J connectivity index is 1.97. The molecule has 0 bridgehead atoms. The van der Waals surface area contributed by atoms with Crippen LogP contribution in [0.2, 0.25) is 0 Å². The molecule has 7 heteroatoms. The van der Waals surface area contributed by atoms with Gasteiger partial charge in [0.1, 0.15) is 5.01 Å². The van der Waals surface area contributed by atoms with Crippen molar-refractivity contribution < 1.29 is 9.59 Å². The smallest absolute Gasteiger partial charge is 0.231 e. The Morgan fingerprint density at radius 1 is 1.43 bits per heavy atom. The van der Waals surface area contributed by atoms with E-state index in [-0.39, 0.29) is 29.7 Å². The molecule has 0 aliphatic carbocycles. The first-order valence-electron chi connectivity index (χ1n) is 8.17. The van der Waals surface area contributed by atoms with Crippen LogP contribution >= 0.6 is 11.3 Å². The fraction of sp³-hybridized carbons (Fsp3) is 0.750. The molecular weight excluding hydrogens is 312 g/mol. The molecule has 0 aromatic carbocycles. The summed E-state index contributed by atoms with van der Waals surface area (Å²) in [6.45, 7) is 10.7. The zero-order valence-electron chi connectivity index (χ0n) is 14.5. The Morgan fingerprint density at radius 3 is 2.70 bits per heavy atom. The Bertz CT molecular complexity index is 579. The summed E-state index contributed by atoms with van der Waals surface area (Å²) in [6.07, 6.45) is 2.41. The third-order valence-electron chi connectivity index (χ3n) is 4.12. The zero-order chi connectivity index (χ0) is 17.2. The highest BCUT2D eigenvalue weighted by atomic mass is 32.1. The molecule has 2 amide bonds. The predicted octanol–water partition coefficient (Wildman–Crippen LogP) is 3.03. The van der Waals surface area contributed by atoms with Crippen LogP contribution in [0.4, 0.5) is 5.13 Å². The van der Waals surface area contributed by atoms with Crippen molar-refractivity contribution in [1.82, 2.24) is 15.1 Å². The molecule has 0 unspecified atom stereocenters. The van der Waals surface area contributed by atoms with Gasteiger partial charge in [-0.25, -0.2) is 0 Å². The van der Waals surface area contributed by atoms with Crippen LogP contribution in [0.15, 0.2) is 0 Å². The van der Waals surface area contributed by atoms with Crippen LogP contribution in [-0.4, -0.2) is 39.0 Å². The van der Waals surface area contributed by atoms with Gasteiger partial charge in [-0.3, -0.25) is 9.59 Å². The molecule has 128 valence electrons. The molecule has 1 aliphatic heterocycles. The van der Waals surface area contributed by atoms with Crippen molar-refractivity contribution in [1.29, 1.82) is 0 Å². The summed E-state index contributed by atoms with van der Waals surface area (Å²) in [7, 11) is 0. The lowest BCUT2D eigenvalue weighted by Crippen LogP contribution is -2.42. The van der Waals surface area contributed by atoms with Gasteiger partial charge >= 0.3 is 0 Å². The number of carbonyl (C=O) groups excluding carboxylic acids is 2. The Hall–Kier alpha value is -1.50. The minimum atomic E-state index is -0.317. The van der Waals surface area contributed by atoms with E-state index < -0.39 is 0 Å². The Morgan fingerprint density at radius 2 is 2.13 bits per heavy atom. The highest BCUT2D eigenvalue weighted by Gasteiger charge is 2.39. The summed E-state index contributed by atoms with van der Waals surface area (Å²) in [5, 5.41) is 12.5. The van der Waals surface area contributed by atoms with Crippen molar-refractivity contribution in [3.8, 4) is 0 Å². The predicted molar refractivity (Wildman–Crippen MR) is 91.4 cm³/mol. The lowest BCUT2D eigenvalue weighted by atomic mass is 10.1. The van der Waals surface area contributed by atoms with Gasteiger partial charge in [0.2, 0.25) is 16.9 Å². The quantitative estimate of drug-likeness (QED) is 0.895. The van der Waals surface area contributed by atoms with Gasteiger partial charge in [-0.05, 0) is 27.2 Å². The molecule has 1 aliphatic rings. The number of carbonyl (C=O) groups is 2. The molecule has 23 heavy (non-hydrogen) atoms. The maximum atomic E-state index is 12.4. The van der Waals surface area contributed by atoms with Crippen molar-refractivity contribution in [2.75, 3.05) is 11.9 Å². The minimum absolute atomic E-state index is 0.0344. The molecule has 0 radical (unpaired) electrons. The molecule has 1 aromatic heterocycles. The van der Waals surface area contributed by atoms with E-state index in [9.17, 15) is 9.59 Å². The molecule has 2 atom stereocenters. The molecule has 1 fully saturated rings. The first-order valence-corrected chi connectivity index (χ1v) is 8.98. The van der Waals surface area contributed by atoms with Crippen LogP contribution in [0.3, 0.4) is 0 Å². The second-order valence-corrected chi connectivity index (χ2v) is 8.21. The molecular formula is C16H26N4O2S. The minimum Gasteiger partial charge on any atom is -0.337 e. The molecule has 6 nitrogen and oxygen atoms in total. The standard InChI is InChI=1S/C16H26N4O2S/c1-6-7-10(2)14-18-19-15(23-14)17-13(22)11-8-12(21)20(9-11)16(3,4)5/h10-11H,6-9H2,1-5H3,(H,17,19,22)/t10-,11-/m1/s1. The number of hydrogen-bond acceptors (Lipinski definition) is 5. The van der Waals surface area contributed by atoms with Crippen LogP contribution in [0.25, 0.3) is 0 Å². The highest BCUT2D eigenvalue weighted by molar-refractivity contribution is 7.15. The molecule has 1 aromatic rings. The largest absolute Gasteiger partial charge is 0.337 e. The molecule has 2 rings (SSSR count). The normalized spacial score (nSPS) is 20.0. The highest BCUT2D eigenvalue weighted by Crippen LogP contribution is 2.29. The van der Waals surface area contributed by atoms with Crippen molar-refractivity contribution in [3.05, 3.63) is 5.01 Å². The number of hydrogen-bond donors (Lipinski definition) is 1. The van der Waals surface area contributed by atoms with E-state index in [4.69, 9.17) is 0 Å². The number of rotatable bonds is 5. The summed E-state index contributed by atoms with van der Waals surface area (Å²) in [5.74, 6) is -0.0714. The van der Waals surface area contributed by atoms with Gasteiger partial charge in [-0.15, -0.1) is 10.2 Å². The number of anilines is 1. The number of likely N-dealkylation sites (tertiary alicyclic amines) is 1. The van der Waals surface area contributed by atoms with E-state index in [0.29, 0.717) is 17.6 Å². The number of nitrogens with one attached hydrogen (secondary N) is 1. The molecule has 1 saturated heterocycles. The van der Waals surface area contributed by atoms with Crippen molar-refractivity contribution >= 4 is 28.3 Å². The van der Waals surface area contributed by atoms with Gasteiger partial charge in [-0.2, -0.15) is 0 Å². The van der Waals surface area contributed by atoms with E-state index >= 15 is 0 Å². The first kappa shape index (κ1) is 17.8. The fourth-order valence-corrected chi connectivity index (χ4v) is 3.61. The van der Waals surface area contributed by atoms with Crippen LogP contribution in [0, 0.1) is 5.92 Å². The molecule has 0 spiro atoms. The van der Waals surface area contributed by atoms with E-state index in [2.05, 4.69) is 29.4 Å². The third kappa shape index (κ3) is 4.28. The van der Waals surface area contributed by atoms with Gasteiger partial charge in [0.05, 0.1) is 5.92 Å². The lowest BCUT2D eigenvalue weighted by molar-refractivity contribution is -0.131.